The molecule has 4 heteroatoms. The average Bonchev–Trinajstić information content (AvgIpc) is 2.84. The fourth-order valence-corrected chi connectivity index (χ4v) is 3.64. The monoisotopic (exact) mass is 268 g/mol. The molecule has 3 heterocycles. The van der Waals surface area contributed by atoms with Gasteiger partial charge in [-0.25, -0.2) is 9.97 Å². The summed E-state index contributed by atoms with van der Waals surface area (Å²) in [7, 11) is 0. The molecule has 2 aromatic rings. The van der Waals surface area contributed by atoms with Gasteiger partial charge in [0.2, 0.25) is 0 Å². The van der Waals surface area contributed by atoms with Gasteiger partial charge in [0.15, 0.2) is 0 Å². The highest BCUT2D eigenvalue weighted by molar-refractivity contribution is 5.89. The normalized spacial score (nSPS) is 23.8. The van der Waals surface area contributed by atoms with Crippen LogP contribution in [0.4, 0.5) is 5.82 Å². The van der Waals surface area contributed by atoms with E-state index in [1.54, 1.807) is 6.33 Å². The second-order valence-corrected chi connectivity index (χ2v) is 5.85. The number of hydrogen-bond acceptors (Lipinski definition) is 4. The number of aromatic nitrogens is 2. The van der Waals surface area contributed by atoms with Crippen LogP contribution in [-0.2, 0) is 0 Å². The van der Waals surface area contributed by atoms with Crippen LogP contribution in [0, 0.1) is 0 Å². The van der Waals surface area contributed by atoms with Gasteiger partial charge < -0.3 is 4.90 Å². The van der Waals surface area contributed by atoms with Crippen molar-refractivity contribution < 1.29 is 0 Å². The summed E-state index contributed by atoms with van der Waals surface area (Å²) in [5.41, 5.74) is 1.05. The molecular formula is C16H20N4. The summed E-state index contributed by atoms with van der Waals surface area (Å²) in [4.78, 5) is 14.1. The lowest BCUT2D eigenvalue weighted by molar-refractivity contribution is 0.273. The predicted molar refractivity (Wildman–Crippen MR) is 81.0 cm³/mol. The fourth-order valence-electron chi connectivity index (χ4n) is 3.64. The minimum atomic E-state index is 0.714. The summed E-state index contributed by atoms with van der Waals surface area (Å²) in [5.74, 6) is 1.12. The summed E-state index contributed by atoms with van der Waals surface area (Å²) >= 11 is 0. The molecular weight excluding hydrogens is 248 g/mol. The molecule has 2 aliphatic heterocycles. The summed E-state index contributed by atoms with van der Waals surface area (Å²) in [5, 5.41) is 1.18. The first-order chi connectivity index (χ1) is 9.92. The zero-order valence-electron chi connectivity index (χ0n) is 11.7. The third kappa shape index (κ3) is 2.04. The van der Waals surface area contributed by atoms with Crippen molar-refractivity contribution >= 4 is 16.7 Å². The van der Waals surface area contributed by atoms with E-state index in [2.05, 4.69) is 38.0 Å². The van der Waals surface area contributed by atoms with E-state index in [1.807, 2.05) is 6.07 Å². The third-order valence-electron chi connectivity index (χ3n) is 4.62. The van der Waals surface area contributed by atoms with Crippen molar-refractivity contribution in [2.75, 3.05) is 31.1 Å². The minimum absolute atomic E-state index is 0.714. The third-order valence-corrected chi connectivity index (χ3v) is 4.62. The Bertz CT molecular complexity index is 607. The van der Waals surface area contributed by atoms with Crippen LogP contribution in [0.2, 0.25) is 0 Å². The Kier molecular flexibility index (Phi) is 3.03. The van der Waals surface area contributed by atoms with Crippen LogP contribution in [0.15, 0.2) is 30.6 Å². The van der Waals surface area contributed by atoms with Gasteiger partial charge >= 0.3 is 0 Å². The topological polar surface area (TPSA) is 32.3 Å². The van der Waals surface area contributed by atoms with Crippen molar-refractivity contribution in [1.82, 2.24) is 14.9 Å². The lowest BCUT2D eigenvalue weighted by Gasteiger charge is -2.27. The molecule has 4 rings (SSSR count). The highest BCUT2D eigenvalue weighted by atomic mass is 15.3. The quantitative estimate of drug-likeness (QED) is 0.794. The first-order valence-electron chi connectivity index (χ1n) is 7.60. The Morgan fingerprint density at radius 1 is 1.00 bits per heavy atom. The van der Waals surface area contributed by atoms with Crippen molar-refractivity contribution in [3.8, 4) is 0 Å². The summed E-state index contributed by atoms with van der Waals surface area (Å²) in [6.45, 7) is 4.74. The second-order valence-electron chi connectivity index (χ2n) is 5.85. The van der Waals surface area contributed by atoms with Gasteiger partial charge in [0.25, 0.3) is 0 Å². The molecule has 0 spiro atoms. The van der Waals surface area contributed by atoms with Crippen LogP contribution >= 0.6 is 0 Å². The molecule has 104 valence electrons. The minimum Gasteiger partial charge on any atom is -0.354 e. The lowest BCUT2D eigenvalue weighted by Crippen LogP contribution is -2.37. The fraction of sp³-hybridized carbons (Fsp3) is 0.500. The number of benzene rings is 1. The molecule has 0 saturated carbocycles. The second kappa shape index (κ2) is 5.02. The summed E-state index contributed by atoms with van der Waals surface area (Å²) in [6.07, 6.45) is 5.62. The van der Waals surface area contributed by atoms with Crippen LogP contribution in [0.25, 0.3) is 10.9 Å². The molecule has 1 aromatic carbocycles. The van der Waals surface area contributed by atoms with E-state index in [1.165, 1.54) is 37.7 Å². The van der Waals surface area contributed by atoms with Gasteiger partial charge in [-0.15, -0.1) is 0 Å². The Balaban J connectivity index is 1.71. The van der Waals surface area contributed by atoms with Crippen molar-refractivity contribution in [2.24, 2.45) is 0 Å². The first-order valence-corrected chi connectivity index (χ1v) is 7.60. The number of para-hydroxylation sites is 1. The number of nitrogens with zero attached hydrogens (tertiary/aromatic N) is 4. The van der Waals surface area contributed by atoms with Crippen molar-refractivity contribution in [3.05, 3.63) is 30.6 Å². The zero-order chi connectivity index (χ0) is 13.4. The Morgan fingerprint density at radius 2 is 1.90 bits per heavy atom. The highest BCUT2D eigenvalue weighted by Crippen LogP contribution is 2.27. The van der Waals surface area contributed by atoms with Gasteiger partial charge in [0.05, 0.1) is 5.52 Å². The molecule has 0 radical (unpaired) electrons. The van der Waals surface area contributed by atoms with E-state index in [-0.39, 0.29) is 0 Å². The predicted octanol–water partition coefficient (Wildman–Crippen LogP) is 2.30. The van der Waals surface area contributed by atoms with Crippen LogP contribution in [-0.4, -0.2) is 47.1 Å². The number of rotatable bonds is 1. The molecule has 4 nitrogen and oxygen atoms in total. The number of anilines is 1. The van der Waals surface area contributed by atoms with E-state index in [9.17, 15) is 0 Å². The van der Waals surface area contributed by atoms with E-state index in [0.717, 1.165) is 24.4 Å². The number of hydrogen-bond donors (Lipinski definition) is 0. The molecule has 0 aliphatic carbocycles. The maximum atomic E-state index is 4.58. The van der Waals surface area contributed by atoms with E-state index >= 15 is 0 Å². The Morgan fingerprint density at radius 3 is 2.90 bits per heavy atom. The maximum Gasteiger partial charge on any atom is 0.139 e. The van der Waals surface area contributed by atoms with Gasteiger partial charge in [-0.1, -0.05) is 12.1 Å². The summed E-state index contributed by atoms with van der Waals surface area (Å²) < 4.78 is 0. The van der Waals surface area contributed by atoms with E-state index in [4.69, 9.17) is 0 Å². The average molecular weight is 268 g/mol. The Hall–Kier alpha value is -1.68. The highest BCUT2D eigenvalue weighted by Gasteiger charge is 2.29. The molecule has 0 unspecified atom stereocenters. The first kappa shape index (κ1) is 12.1. The van der Waals surface area contributed by atoms with Crippen molar-refractivity contribution in [1.29, 1.82) is 0 Å². The molecule has 1 atom stereocenters. The van der Waals surface area contributed by atoms with Crippen LogP contribution < -0.4 is 4.90 Å². The largest absolute Gasteiger partial charge is 0.354 e. The van der Waals surface area contributed by atoms with Crippen molar-refractivity contribution in [3.63, 3.8) is 0 Å². The standard InChI is InChI=1S/C16H20N4/c1-2-7-15-14(6-1)16(18-12-17-15)20-10-4-9-19-8-3-5-13(19)11-20/h1-2,6-7,12-13H,3-5,8-11H2/t13-/m0/s1. The van der Waals surface area contributed by atoms with Crippen LogP contribution in [0.3, 0.4) is 0 Å². The smallest absolute Gasteiger partial charge is 0.139 e. The molecule has 0 amide bonds. The molecule has 20 heavy (non-hydrogen) atoms. The van der Waals surface area contributed by atoms with Gasteiger partial charge in [-0.3, -0.25) is 4.90 Å². The van der Waals surface area contributed by atoms with Gasteiger partial charge in [-0.2, -0.15) is 0 Å². The summed E-state index contributed by atoms with van der Waals surface area (Å²) in [6, 6.07) is 9.04. The van der Waals surface area contributed by atoms with E-state index in [0.29, 0.717) is 6.04 Å². The van der Waals surface area contributed by atoms with E-state index < -0.39 is 0 Å². The SMILES string of the molecule is c1ccc2c(N3CCCN4CCC[C@H]4C3)ncnc2c1. The van der Waals surface area contributed by atoms with Crippen LogP contribution in [0.1, 0.15) is 19.3 Å². The van der Waals surface area contributed by atoms with Gasteiger partial charge in [0.1, 0.15) is 12.1 Å². The molecule has 2 aliphatic rings. The number of fused-ring (bicyclic) bond motifs is 2. The zero-order valence-corrected chi connectivity index (χ0v) is 11.7. The lowest BCUT2D eigenvalue weighted by atomic mass is 10.2. The van der Waals surface area contributed by atoms with Gasteiger partial charge in [0, 0.05) is 31.1 Å². The molecule has 2 fully saturated rings. The molecule has 1 aromatic heterocycles. The van der Waals surface area contributed by atoms with Crippen LogP contribution in [0.5, 0.6) is 0 Å². The van der Waals surface area contributed by atoms with Gasteiger partial charge in [-0.05, 0) is 37.9 Å². The maximum absolute atomic E-state index is 4.58. The molecule has 2 saturated heterocycles. The molecule has 0 bridgehead atoms. The van der Waals surface area contributed by atoms with Crippen molar-refractivity contribution in [2.45, 2.75) is 25.3 Å². The molecule has 0 N–H and O–H groups in total. The Labute approximate surface area is 119 Å².